The summed E-state index contributed by atoms with van der Waals surface area (Å²) in [5.41, 5.74) is 11.8. The molecule has 1 aliphatic rings. The van der Waals surface area contributed by atoms with Crippen LogP contribution in [0.25, 0.3) is 0 Å². The summed E-state index contributed by atoms with van der Waals surface area (Å²) in [5.74, 6) is 0. The fourth-order valence-electron chi connectivity index (χ4n) is 3.15. The zero-order valence-corrected chi connectivity index (χ0v) is 12.6. The number of rotatable bonds is 4. The van der Waals surface area contributed by atoms with Crippen molar-refractivity contribution in [2.24, 2.45) is 5.73 Å². The molecule has 0 saturated heterocycles. The zero-order chi connectivity index (χ0) is 14.7. The minimum absolute atomic E-state index is 0.127. The van der Waals surface area contributed by atoms with E-state index in [2.05, 4.69) is 55.5 Å². The lowest BCUT2D eigenvalue weighted by atomic mass is 9.91. The first-order valence-electron chi connectivity index (χ1n) is 7.73. The molecule has 0 aliphatic carbocycles. The van der Waals surface area contributed by atoms with Crippen LogP contribution in [-0.4, -0.2) is 12.6 Å². The first kappa shape index (κ1) is 14.3. The van der Waals surface area contributed by atoms with Crippen molar-refractivity contribution < 1.29 is 4.74 Å². The maximum absolute atomic E-state index is 6.38. The van der Waals surface area contributed by atoms with Crippen molar-refractivity contribution in [3.05, 3.63) is 70.8 Å². The minimum atomic E-state index is 0.127. The summed E-state index contributed by atoms with van der Waals surface area (Å²) >= 11 is 0. The summed E-state index contributed by atoms with van der Waals surface area (Å²) in [6.07, 6.45) is 2.95. The summed E-state index contributed by atoms with van der Waals surface area (Å²) in [6.45, 7) is 2.95. The van der Waals surface area contributed by atoms with Gasteiger partial charge in [0.1, 0.15) is 0 Å². The van der Waals surface area contributed by atoms with Crippen molar-refractivity contribution in [3.8, 4) is 0 Å². The van der Waals surface area contributed by atoms with Gasteiger partial charge in [0.15, 0.2) is 0 Å². The monoisotopic (exact) mass is 281 g/mol. The Morgan fingerprint density at radius 1 is 1.14 bits per heavy atom. The second-order valence-electron chi connectivity index (χ2n) is 5.93. The molecule has 2 atom stereocenters. The largest absolute Gasteiger partial charge is 0.373 e. The summed E-state index contributed by atoms with van der Waals surface area (Å²) in [4.78, 5) is 0. The van der Waals surface area contributed by atoms with E-state index in [1.54, 1.807) is 0 Å². The molecule has 3 rings (SSSR count). The molecular formula is C19H23NO. The number of fused-ring (bicyclic) bond motifs is 1. The van der Waals surface area contributed by atoms with Crippen LogP contribution in [0.15, 0.2) is 48.5 Å². The van der Waals surface area contributed by atoms with Crippen molar-refractivity contribution >= 4 is 0 Å². The smallest absolute Gasteiger partial charge is 0.0842 e. The van der Waals surface area contributed by atoms with E-state index in [1.165, 1.54) is 22.3 Å². The Hall–Kier alpha value is -1.64. The Bertz CT molecular complexity index is 608. The van der Waals surface area contributed by atoms with Gasteiger partial charge in [-0.25, -0.2) is 0 Å². The quantitative estimate of drug-likeness (QED) is 0.930. The molecule has 0 spiro atoms. The van der Waals surface area contributed by atoms with Crippen LogP contribution >= 0.6 is 0 Å². The number of benzene rings is 2. The maximum atomic E-state index is 6.38. The Kier molecular flexibility index (Phi) is 4.37. The molecule has 2 heteroatoms. The van der Waals surface area contributed by atoms with Gasteiger partial charge in [-0.2, -0.15) is 0 Å². The van der Waals surface area contributed by atoms with Gasteiger partial charge in [-0.05, 0) is 48.4 Å². The van der Waals surface area contributed by atoms with Gasteiger partial charge >= 0.3 is 0 Å². The van der Waals surface area contributed by atoms with E-state index in [9.17, 15) is 0 Å². The molecule has 1 heterocycles. The fraction of sp³-hybridized carbons (Fsp3) is 0.368. The molecule has 0 aromatic heterocycles. The minimum Gasteiger partial charge on any atom is -0.373 e. The lowest BCUT2D eigenvalue weighted by Gasteiger charge is -2.28. The molecule has 2 unspecified atom stereocenters. The van der Waals surface area contributed by atoms with Gasteiger partial charge < -0.3 is 10.5 Å². The van der Waals surface area contributed by atoms with Crippen LogP contribution < -0.4 is 5.73 Å². The summed E-state index contributed by atoms with van der Waals surface area (Å²) in [6, 6.07) is 17.2. The molecule has 0 radical (unpaired) electrons. The first-order valence-corrected chi connectivity index (χ1v) is 7.73. The average molecular weight is 281 g/mol. The average Bonchev–Trinajstić information content (AvgIpc) is 2.50. The Balaban J connectivity index is 1.69. The lowest BCUT2D eigenvalue weighted by Crippen LogP contribution is -2.28. The van der Waals surface area contributed by atoms with Crippen LogP contribution in [0.5, 0.6) is 0 Å². The van der Waals surface area contributed by atoms with Crippen LogP contribution in [0, 0.1) is 6.92 Å². The molecule has 2 aromatic carbocycles. The first-order chi connectivity index (χ1) is 10.2. The molecule has 2 N–H and O–H groups in total. The molecule has 110 valence electrons. The zero-order valence-electron chi connectivity index (χ0n) is 12.6. The van der Waals surface area contributed by atoms with Crippen LogP contribution in [-0.2, 0) is 17.6 Å². The molecule has 2 aromatic rings. The SMILES string of the molecule is Cc1ccccc1CC(N)CC1OCCc2ccccc21. The van der Waals surface area contributed by atoms with Crippen molar-refractivity contribution in [1.29, 1.82) is 0 Å². The van der Waals surface area contributed by atoms with E-state index in [4.69, 9.17) is 10.5 Å². The van der Waals surface area contributed by atoms with Gasteiger partial charge in [-0.15, -0.1) is 0 Å². The highest BCUT2D eigenvalue weighted by Crippen LogP contribution is 2.30. The van der Waals surface area contributed by atoms with Crippen molar-refractivity contribution in [2.45, 2.75) is 38.3 Å². The van der Waals surface area contributed by atoms with E-state index >= 15 is 0 Å². The second-order valence-corrected chi connectivity index (χ2v) is 5.93. The molecule has 1 aliphatic heterocycles. The number of aryl methyl sites for hydroxylation is 1. The van der Waals surface area contributed by atoms with Gasteiger partial charge in [0.25, 0.3) is 0 Å². The number of hydrogen-bond donors (Lipinski definition) is 1. The molecule has 2 nitrogen and oxygen atoms in total. The third kappa shape index (κ3) is 3.34. The molecule has 0 amide bonds. The lowest BCUT2D eigenvalue weighted by molar-refractivity contribution is 0.0321. The standard InChI is InChI=1S/C19H23NO/c1-14-6-2-3-8-16(14)12-17(20)13-19-18-9-5-4-7-15(18)10-11-21-19/h2-9,17,19H,10-13,20H2,1H3. The van der Waals surface area contributed by atoms with Crippen LogP contribution in [0.3, 0.4) is 0 Å². The van der Waals surface area contributed by atoms with E-state index in [0.29, 0.717) is 0 Å². The van der Waals surface area contributed by atoms with E-state index in [1.807, 2.05) is 0 Å². The molecule has 21 heavy (non-hydrogen) atoms. The van der Waals surface area contributed by atoms with E-state index in [-0.39, 0.29) is 12.1 Å². The predicted molar refractivity (Wildman–Crippen MR) is 86.3 cm³/mol. The molecule has 0 bridgehead atoms. The van der Waals surface area contributed by atoms with E-state index in [0.717, 1.165) is 25.9 Å². The second kappa shape index (κ2) is 6.42. The third-order valence-corrected chi connectivity index (χ3v) is 4.35. The highest BCUT2D eigenvalue weighted by atomic mass is 16.5. The number of nitrogens with two attached hydrogens (primary N) is 1. The van der Waals surface area contributed by atoms with Gasteiger partial charge in [0, 0.05) is 6.04 Å². The fourth-order valence-corrected chi connectivity index (χ4v) is 3.15. The van der Waals surface area contributed by atoms with Gasteiger partial charge in [0.05, 0.1) is 12.7 Å². The third-order valence-electron chi connectivity index (χ3n) is 4.35. The van der Waals surface area contributed by atoms with Crippen LogP contribution in [0.2, 0.25) is 0 Å². The number of ether oxygens (including phenoxy) is 1. The highest BCUT2D eigenvalue weighted by molar-refractivity contribution is 5.31. The predicted octanol–water partition coefficient (Wildman–Crippen LogP) is 3.57. The topological polar surface area (TPSA) is 35.2 Å². The van der Waals surface area contributed by atoms with E-state index < -0.39 is 0 Å². The van der Waals surface area contributed by atoms with Gasteiger partial charge in [-0.3, -0.25) is 0 Å². The van der Waals surface area contributed by atoms with Crippen molar-refractivity contribution in [2.75, 3.05) is 6.61 Å². The highest BCUT2D eigenvalue weighted by Gasteiger charge is 2.22. The molecule has 0 saturated carbocycles. The van der Waals surface area contributed by atoms with Crippen molar-refractivity contribution in [3.63, 3.8) is 0 Å². The molecule has 0 fully saturated rings. The van der Waals surface area contributed by atoms with Gasteiger partial charge in [0.2, 0.25) is 0 Å². The van der Waals surface area contributed by atoms with Gasteiger partial charge in [-0.1, -0.05) is 48.5 Å². The Morgan fingerprint density at radius 2 is 1.90 bits per heavy atom. The Morgan fingerprint density at radius 3 is 2.76 bits per heavy atom. The molecular weight excluding hydrogens is 258 g/mol. The summed E-state index contributed by atoms with van der Waals surface area (Å²) in [7, 11) is 0. The van der Waals surface area contributed by atoms with Crippen LogP contribution in [0.1, 0.15) is 34.8 Å². The summed E-state index contributed by atoms with van der Waals surface area (Å²) in [5, 5.41) is 0. The number of hydrogen-bond acceptors (Lipinski definition) is 2. The normalized spacial score (nSPS) is 19.0. The maximum Gasteiger partial charge on any atom is 0.0842 e. The Labute approximate surface area is 126 Å². The summed E-state index contributed by atoms with van der Waals surface area (Å²) < 4.78 is 5.96. The van der Waals surface area contributed by atoms with Crippen molar-refractivity contribution in [1.82, 2.24) is 0 Å². The van der Waals surface area contributed by atoms with Crippen LogP contribution in [0.4, 0.5) is 0 Å².